The van der Waals surface area contributed by atoms with Crippen LogP contribution in [0.4, 0.5) is 10.5 Å². The Balaban J connectivity index is 1.70. The highest BCUT2D eigenvalue weighted by Gasteiger charge is 2.36. The Morgan fingerprint density at radius 3 is 2.50 bits per heavy atom. The predicted molar refractivity (Wildman–Crippen MR) is 113 cm³/mol. The minimum absolute atomic E-state index is 0.301. The first-order valence-corrected chi connectivity index (χ1v) is 9.90. The molecule has 5 nitrogen and oxygen atoms in total. The lowest BCUT2D eigenvalue weighted by atomic mass is 10.1. The van der Waals surface area contributed by atoms with Gasteiger partial charge in [-0.1, -0.05) is 43.3 Å². The van der Waals surface area contributed by atoms with Gasteiger partial charge in [0.2, 0.25) is 5.91 Å². The van der Waals surface area contributed by atoms with Gasteiger partial charge in [-0.15, -0.1) is 0 Å². The molecule has 1 N–H and O–H groups in total. The number of thioether (sulfide) groups is 1. The van der Waals surface area contributed by atoms with Crippen LogP contribution in [0.15, 0.2) is 47.4 Å². The van der Waals surface area contributed by atoms with E-state index in [1.165, 1.54) is 5.56 Å². The first-order chi connectivity index (χ1) is 13.4. The summed E-state index contributed by atoms with van der Waals surface area (Å²) in [4.78, 5) is 38.5. The van der Waals surface area contributed by atoms with E-state index in [2.05, 4.69) is 12.2 Å². The van der Waals surface area contributed by atoms with Crippen LogP contribution >= 0.6 is 11.8 Å². The number of anilines is 1. The average Bonchev–Trinajstić information content (AvgIpc) is 2.92. The molecule has 0 radical (unpaired) electrons. The Morgan fingerprint density at radius 1 is 1.11 bits per heavy atom. The number of carbonyl (C=O) groups excluding carboxylic acids is 3. The molecule has 1 aliphatic heterocycles. The summed E-state index contributed by atoms with van der Waals surface area (Å²) in [6, 6.07) is 13.6. The number of amides is 3. The lowest BCUT2D eigenvalue weighted by Crippen LogP contribution is -2.36. The maximum absolute atomic E-state index is 12.6. The van der Waals surface area contributed by atoms with Gasteiger partial charge in [0.05, 0.1) is 4.91 Å². The summed E-state index contributed by atoms with van der Waals surface area (Å²) in [5.41, 5.74) is 4.67. The molecule has 2 aromatic carbocycles. The summed E-state index contributed by atoms with van der Waals surface area (Å²) in [5, 5.41) is 2.35. The summed E-state index contributed by atoms with van der Waals surface area (Å²) in [6.45, 7) is 5.60. The Bertz CT molecular complexity index is 964. The van der Waals surface area contributed by atoms with Crippen molar-refractivity contribution in [2.24, 2.45) is 0 Å². The Morgan fingerprint density at radius 2 is 1.82 bits per heavy atom. The molecule has 6 heteroatoms. The van der Waals surface area contributed by atoms with Crippen LogP contribution in [-0.2, 0) is 16.0 Å². The van der Waals surface area contributed by atoms with E-state index in [0.717, 1.165) is 39.8 Å². The number of aryl methyl sites for hydroxylation is 3. The van der Waals surface area contributed by atoms with E-state index in [4.69, 9.17) is 0 Å². The zero-order valence-electron chi connectivity index (χ0n) is 16.1. The van der Waals surface area contributed by atoms with E-state index in [-0.39, 0.29) is 6.54 Å². The van der Waals surface area contributed by atoms with Crippen LogP contribution in [0, 0.1) is 13.8 Å². The van der Waals surface area contributed by atoms with E-state index in [1.54, 1.807) is 6.08 Å². The highest BCUT2D eigenvalue weighted by atomic mass is 32.2. The molecule has 0 aromatic heterocycles. The quantitative estimate of drug-likeness (QED) is 0.756. The number of imide groups is 1. The van der Waals surface area contributed by atoms with Gasteiger partial charge in [-0.2, -0.15) is 0 Å². The zero-order chi connectivity index (χ0) is 20.3. The van der Waals surface area contributed by atoms with E-state index < -0.39 is 17.1 Å². The Hall–Kier alpha value is -2.86. The van der Waals surface area contributed by atoms with Crippen molar-refractivity contribution in [1.82, 2.24) is 4.90 Å². The van der Waals surface area contributed by atoms with Gasteiger partial charge in [0.1, 0.15) is 6.54 Å². The van der Waals surface area contributed by atoms with Crippen LogP contribution in [0.2, 0.25) is 0 Å². The second-order valence-electron chi connectivity index (χ2n) is 6.73. The van der Waals surface area contributed by atoms with Gasteiger partial charge in [-0.3, -0.25) is 19.3 Å². The van der Waals surface area contributed by atoms with Crippen molar-refractivity contribution in [2.75, 3.05) is 11.9 Å². The minimum Gasteiger partial charge on any atom is -0.324 e. The molecule has 1 saturated heterocycles. The lowest BCUT2D eigenvalue weighted by molar-refractivity contribution is -0.127. The van der Waals surface area contributed by atoms with Crippen LogP contribution in [-0.4, -0.2) is 28.5 Å². The van der Waals surface area contributed by atoms with Crippen molar-refractivity contribution in [3.8, 4) is 0 Å². The van der Waals surface area contributed by atoms with Gasteiger partial charge in [0.15, 0.2) is 0 Å². The molecule has 0 saturated carbocycles. The van der Waals surface area contributed by atoms with Crippen molar-refractivity contribution in [2.45, 2.75) is 27.2 Å². The number of nitrogens with zero attached hydrogens (tertiary/aromatic N) is 1. The molecule has 3 rings (SSSR count). The molecule has 28 heavy (non-hydrogen) atoms. The highest BCUT2D eigenvalue weighted by Crippen LogP contribution is 2.32. The molecule has 2 aromatic rings. The molecule has 0 atom stereocenters. The summed E-state index contributed by atoms with van der Waals surface area (Å²) in [7, 11) is 0. The molecular weight excluding hydrogens is 372 g/mol. The van der Waals surface area contributed by atoms with E-state index >= 15 is 0 Å². The first kappa shape index (κ1) is 19.9. The summed E-state index contributed by atoms with van der Waals surface area (Å²) in [6.07, 6.45) is 2.62. The van der Waals surface area contributed by atoms with Crippen molar-refractivity contribution >= 4 is 40.6 Å². The number of benzene rings is 2. The fourth-order valence-electron chi connectivity index (χ4n) is 2.84. The Kier molecular flexibility index (Phi) is 5.99. The molecular formula is C22H22N2O3S. The van der Waals surface area contributed by atoms with E-state index in [1.807, 2.05) is 56.3 Å². The molecule has 144 valence electrons. The van der Waals surface area contributed by atoms with Gasteiger partial charge in [-0.05, 0) is 66.4 Å². The standard InChI is InChI=1S/C22H22N2O3S/c1-4-16-7-9-17(10-8-16)12-19-21(26)24(22(27)28-19)13-20(25)23-18-11-14(2)5-6-15(18)3/h5-12H,4,13H2,1-3H3,(H,23,25)/b19-12-. The van der Waals surface area contributed by atoms with Gasteiger partial charge < -0.3 is 5.32 Å². The van der Waals surface area contributed by atoms with Crippen LogP contribution in [0.1, 0.15) is 29.2 Å². The fourth-order valence-corrected chi connectivity index (χ4v) is 3.68. The monoisotopic (exact) mass is 394 g/mol. The van der Waals surface area contributed by atoms with Gasteiger partial charge >= 0.3 is 0 Å². The predicted octanol–water partition coefficient (Wildman–Crippen LogP) is 4.54. The molecule has 0 spiro atoms. The Labute approximate surface area is 168 Å². The van der Waals surface area contributed by atoms with Crippen LogP contribution in [0.5, 0.6) is 0 Å². The van der Waals surface area contributed by atoms with Crippen LogP contribution in [0.25, 0.3) is 6.08 Å². The minimum atomic E-state index is -0.439. The second kappa shape index (κ2) is 8.44. The average molecular weight is 394 g/mol. The number of carbonyl (C=O) groups is 3. The van der Waals surface area contributed by atoms with Crippen molar-refractivity contribution in [1.29, 1.82) is 0 Å². The van der Waals surface area contributed by atoms with Crippen molar-refractivity contribution in [3.05, 3.63) is 69.6 Å². The third-order valence-corrected chi connectivity index (χ3v) is 5.44. The van der Waals surface area contributed by atoms with Crippen LogP contribution < -0.4 is 5.32 Å². The molecule has 0 aliphatic carbocycles. The summed E-state index contributed by atoms with van der Waals surface area (Å²) in [5.74, 6) is -0.838. The van der Waals surface area contributed by atoms with E-state index in [0.29, 0.717) is 10.6 Å². The SMILES string of the molecule is CCc1ccc(/C=C2\SC(=O)N(CC(=O)Nc3cc(C)ccc3C)C2=O)cc1. The molecule has 0 bridgehead atoms. The molecule has 3 amide bonds. The number of rotatable bonds is 5. The number of hydrogen-bond acceptors (Lipinski definition) is 4. The molecule has 1 aliphatic rings. The third-order valence-electron chi connectivity index (χ3n) is 4.53. The van der Waals surface area contributed by atoms with Crippen LogP contribution in [0.3, 0.4) is 0 Å². The van der Waals surface area contributed by atoms with Gasteiger partial charge in [0.25, 0.3) is 11.1 Å². The summed E-state index contributed by atoms with van der Waals surface area (Å²) < 4.78 is 0. The van der Waals surface area contributed by atoms with E-state index in [9.17, 15) is 14.4 Å². The maximum atomic E-state index is 12.6. The number of hydrogen-bond donors (Lipinski definition) is 1. The van der Waals surface area contributed by atoms with Crippen molar-refractivity contribution in [3.63, 3.8) is 0 Å². The maximum Gasteiger partial charge on any atom is 0.294 e. The zero-order valence-corrected chi connectivity index (χ0v) is 16.9. The molecule has 1 fully saturated rings. The highest BCUT2D eigenvalue weighted by molar-refractivity contribution is 8.18. The molecule has 0 unspecified atom stereocenters. The second-order valence-corrected chi connectivity index (χ2v) is 7.72. The van der Waals surface area contributed by atoms with Gasteiger partial charge in [-0.25, -0.2) is 0 Å². The fraction of sp³-hybridized carbons (Fsp3) is 0.227. The first-order valence-electron chi connectivity index (χ1n) is 9.09. The van der Waals surface area contributed by atoms with Crippen molar-refractivity contribution < 1.29 is 14.4 Å². The normalized spacial score (nSPS) is 15.4. The van der Waals surface area contributed by atoms with Gasteiger partial charge in [0, 0.05) is 5.69 Å². The largest absolute Gasteiger partial charge is 0.324 e. The topological polar surface area (TPSA) is 66.5 Å². The number of nitrogens with one attached hydrogen (secondary N) is 1. The summed E-state index contributed by atoms with van der Waals surface area (Å²) >= 11 is 0.859. The molecule has 1 heterocycles. The lowest BCUT2D eigenvalue weighted by Gasteiger charge is -2.14. The smallest absolute Gasteiger partial charge is 0.294 e. The third kappa shape index (κ3) is 4.51.